The van der Waals surface area contributed by atoms with Crippen LogP contribution in [0.3, 0.4) is 0 Å². The lowest BCUT2D eigenvalue weighted by Gasteiger charge is -2.29. The van der Waals surface area contributed by atoms with Crippen LogP contribution in [0.4, 0.5) is 32.0 Å². The maximum absolute atomic E-state index is 13.5. The summed E-state index contributed by atoms with van der Waals surface area (Å²) in [6.07, 6.45) is 0. The average Bonchev–Trinajstić information content (AvgIpc) is 2.45. The molecular formula is C10H9F6NO6S2. The third-order valence-corrected chi connectivity index (χ3v) is 4.90. The minimum atomic E-state index is -7.08. The Morgan fingerprint density at radius 2 is 1.52 bits per heavy atom. The highest BCUT2D eigenvalue weighted by Gasteiger charge is 2.83. The number of nitrogens with one attached hydrogen (secondary N) is 1. The van der Waals surface area contributed by atoms with Crippen LogP contribution in [-0.4, -0.2) is 44.9 Å². The minimum absolute atomic E-state index is 0.0889. The molecule has 1 aromatic rings. The Bertz CT molecular complexity index is 854. The highest BCUT2D eigenvalue weighted by molar-refractivity contribution is 7.88. The molecule has 0 saturated carbocycles. The lowest BCUT2D eigenvalue weighted by atomic mass is 10.3. The van der Waals surface area contributed by atoms with Crippen LogP contribution in [0.2, 0.25) is 0 Å². The third-order valence-electron chi connectivity index (χ3n) is 2.70. The molecule has 0 fully saturated rings. The van der Waals surface area contributed by atoms with Crippen molar-refractivity contribution in [1.82, 2.24) is 0 Å². The second-order valence-corrected chi connectivity index (χ2v) is 7.45. The fourth-order valence-corrected chi connectivity index (χ4v) is 2.79. The Balaban J connectivity index is 3.39. The maximum Gasteiger partial charge on any atom is 0.450 e. The lowest BCUT2D eigenvalue weighted by Crippen LogP contribution is -2.61. The van der Waals surface area contributed by atoms with Crippen LogP contribution >= 0.6 is 0 Å². The molecule has 15 heteroatoms. The number of halogens is 6. The van der Waals surface area contributed by atoms with E-state index in [0.29, 0.717) is 0 Å². The zero-order chi connectivity index (χ0) is 19.9. The van der Waals surface area contributed by atoms with Crippen molar-refractivity contribution in [1.29, 1.82) is 0 Å². The molecule has 0 heterocycles. The van der Waals surface area contributed by atoms with Gasteiger partial charge in [-0.25, -0.2) is 0 Å². The summed E-state index contributed by atoms with van der Waals surface area (Å²) in [6, 6.07) is 3.83. The number of hydrogen-bond donors (Lipinski definition) is 2. The molecule has 0 aliphatic heterocycles. The van der Waals surface area contributed by atoms with Gasteiger partial charge in [0.1, 0.15) is 5.75 Å². The van der Waals surface area contributed by atoms with Gasteiger partial charge in [-0.3, -0.25) is 4.55 Å². The standard InChI is InChI=1S/C10H9F6NO6S2/c1-17-6-3-2-4-7(5-6)23-25(21,22)10(15,16)8(11,12)9(13,14)24(18,19)20/h2-5,17H,1H3,(H,18,19,20). The van der Waals surface area contributed by atoms with Gasteiger partial charge < -0.3 is 9.50 Å². The molecule has 1 rings (SSSR count). The van der Waals surface area contributed by atoms with E-state index in [1.807, 2.05) is 0 Å². The SMILES string of the molecule is CNc1cccc(OS(=O)(=O)C(F)(F)C(F)(F)C(F)(F)S(=O)(=O)O)c1. The van der Waals surface area contributed by atoms with E-state index >= 15 is 0 Å². The summed E-state index contributed by atoms with van der Waals surface area (Å²) in [5.41, 5.74) is 0.0889. The van der Waals surface area contributed by atoms with Gasteiger partial charge in [-0.2, -0.15) is 43.2 Å². The first-order valence-electron chi connectivity index (χ1n) is 5.83. The number of benzene rings is 1. The van der Waals surface area contributed by atoms with Crippen molar-refractivity contribution in [2.75, 3.05) is 12.4 Å². The van der Waals surface area contributed by atoms with E-state index in [1.165, 1.54) is 13.1 Å². The molecule has 0 bridgehead atoms. The van der Waals surface area contributed by atoms with Crippen LogP contribution in [0.15, 0.2) is 24.3 Å². The van der Waals surface area contributed by atoms with Crippen LogP contribution in [-0.2, 0) is 20.2 Å². The first-order valence-corrected chi connectivity index (χ1v) is 8.68. The van der Waals surface area contributed by atoms with Crippen molar-refractivity contribution >= 4 is 25.9 Å². The first kappa shape index (κ1) is 21.3. The summed E-state index contributed by atoms with van der Waals surface area (Å²) in [5, 5.41) is -11.1. The fourth-order valence-electron chi connectivity index (χ4n) is 1.37. The van der Waals surface area contributed by atoms with E-state index in [9.17, 15) is 43.2 Å². The van der Waals surface area contributed by atoms with Crippen LogP contribution < -0.4 is 9.50 Å². The Labute approximate surface area is 137 Å². The van der Waals surface area contributed by atoms with Crippen molar-refractivity contribution in [2.45, 2.75) is 16.4 Å². The minimum Gasteiger partial charge on any atom is -0.388 e. The highest BCUT2D eigenvalue weighted by Crippen LogP contribution is 2.50. The van der Waals surface area contributed by atoms with Gasteiger partial charge in [0.25, 0.3) is 0 Å². The third kappa shape index (κ3) is 3.48. The number of rotatable bonds is 7. The van der Waals surface area contributed by atoms with Crippen LogP contribution in [0, 0.1) is 0 Å². The fraction of sp³-hybridized carbons (Fsp3) is 0.400. The van der Waals surface area contributed by atoms with Gasteiger partial charge >= 0.3 is 36.7 Å². The maximum atomic E-state index is 13.5. The monoisotopic (exact) mass is 417 g/mol. The van der Waals surface area contributed by atoms with Gasteiger partial charge in [-0.05, 0) is 12.1 Å². The topological polar surface area (TPSA) is 110 Å². The van der Waals surface area contributed by atoms with Crippen LogP contribution in [0.1, 0.15) is 0 Å². The van der Waals surface area contributed by atoms with Crippen LogP contribution in [0.25, 0.3) is 0 Å². The number of alkyl halides is 6. The van der Waals surface area contributed by atoms with Crippen LogP contribution in [0.5, 0.6) is 5.75 Å². The van der Waals surface area contributed by atoms with Gasteiger partial charge in [-0.1, -0.05) is 6.07 Å². The molecule has 144 valence electrons. The van der Waals surface area contributed by atoms with E-state index in [1.54, 1.807) is 0 Å². The highest BCUT2D eigenvalue weighted by atomic mass is 32.2. The number of hydrogen-bond acceptors (Lipinski definition) is 6. The predicted molar refractivity (Wildman–Crippen MR) is 71.9 cm³/mol. The summed E-state index contributed by atoms with van der Waals surface area (Å²) in [7, 11) is -12.6. The Morgan fingerprint density at radius 3 is 1.96 bits per heavy atom. The largest absolute Gasteiger partial charge is 0.450 e. The predicted octanol–water partition coefficient (Wildman–Crippen LogP) is 2.15. The lowest BCUT2D eigenvalue weighted by molar-refractivity contribution is -0.247. The Hall–Kier alpha value is -1.74. The van der Waals surface area contributed by atoms with Crippen molar-refractivity contribution < 1.29 is 51.9 Å². The van der Waals surface area contributed by atoms with Crippen molar-refractivity contribution in [3.63, 3.8) is 0 Å². The van der Waals surface area contributed by atoms with Crippen molar-refractivity contribution in [3.05, 3.63) is 24.3 Å². The molecule has 0 aliphatic rings. The van der Waals surface area contributed by atoms with Gasteiger partial charge in [-0.15, -0.1) is 0 Å². The van der Waals surface area contributed by atoms with Gasteiger partial charge in [0, 0.05) is 18.8 Å². The normalized spacial score (nSPS) is 14.2. The second kappa shape index (κ2) is 6.21. The van der Waals surface area contributed by atoms with E-state index in [4.69, 9.17) is 4.55 Å². The van der Waals surface area contributed by atoms with Gasteiger partial charge in [0.05, 0.1) is 0 Å². The Morgan fingerprint density at radius 1 is 1.00 bits per heavy atom. The summed E-state index contributed by atoms with van der Waals surface area (Å²) >= 11 is 0. The van der Waals surface area contributed by atoms with E-state index < -0.39 is 42.4 Å². The second-order valence-electron chi connectivity index (χ2n) is 4.40. The molecule has 2 N–H and O–H groups in total. The molecule has 1 aromatic carbocycles. The quantitative estimate of drug-likeness (QED) is 0.397. The summed E-state index contributed by atoms with van der Waals surface area (Å²) in [5.74, 6) is -8.00. The molecule has 0 saturated heterocycles. The summed E-state index contributed by atoms with van der Waals surface area (Å²) in [4.78, 5) is 0. The zero-order valence-corrected chi connectivity index (χ0v) is 13.5. The van der Waals surface area contributed by atoms with E-state index in [0.717, 1.165) is 18.2 Å². The van der Waals surface area contributed by atoms with E-state index in [2.05, 4.69) is 9.50 Å². The Kier molecular flexibility index (Phi) is 5.29. The molecule has 0 spiro atoms. The molecule has 0 aliphatic carbocycles. The first-order chi connectivity index (χ1) is 11.0. The smallest absolute Gasteiger partial charge is 0.388 e. The van der Waals surface area contributed by atoms with E-state index in [-0.39, 0.29) is 5.69 Å². The summed E-state index contributed by atoms with van der Waals surface area (Å²) < 4.78 is 135. The molecular weight excluding hydrogens is 408 g/mol. The molecule has 0 radical (unpaired) electrons. The molecule has 0 unspecified atom stereocenters. The molecule has 0 amide bonds. The molecule has 0 aromatic heterocycles. The number of anilines is 1. The molecule has 25 heavy (non-hydrogen) atoms. The summed E-state index contributed by atoms with van der Waals surface area (Å²) in [6.45, 7) is 0. The van der Waals surface area contributed by atoms with Gasteiger partial charge in [0.2, 0.25) is 0 Å². The van der Waals surface area contributed by atoms with Gasteiger partial charge in [0.15, 0.2) is 0 Å². The van der Waals surface area contributed by atoms with Crippen molar-refractivity contribution in [3.8, 4) is 5.75 Å². The average molecular weight is 417 g/mol. The van der Waals surface area contributed by atoms with Crippen molar-refractivity contribution in [2.24, 2.45) is 0 Å². The molecule has 0 atom stereocenters. The molecule has 7 nitrogen and oxygen atoms in total. The zero-order valence-electron chi connectivity index (χ0n) is 11.9.